The van der Waals surface area contributed by atoms with Crippen molar-refractivity contribution >= 4 is 11.3 Å². The molecule has 3 nitrogen and oxygen atoms in total. The maximum Gasteiger partial charge on any atom is 0.387 e. The van der Waals surface area contributed by atoms with Crippen LogP contribution in [0, 0.1) is 0 Å². The Balaban J connectivity index is 1.83. The third-order valence-electron chi connectivity index (χ3n) is 2.74. The van der Waals surface area contributed by atoms with Crippen LogP contribution in [0.1, 0.15) is 0 Å². The van der Waals surface area contributed by atoms with Crippen LogP contribution in [0.2, 0.25) is 0 Å². The van der Waals surface area contributed by atoms with Crippen LogP contribution in [-0.2, 0) is 0 Å². The number of aromatic nitrogens is 2. The van der Waals surface area contributed by atoms with E-state index in [1.807, 2.05) is 23.6 Å². The number of alkyl halides is 2. The Morgan fingerprint density at radius 3 is 2.60 bits per heavy atom. The van der Waals surface area contributed by atoms with Gasteiger partial charge in [-0.1, -0.05) is 6.07 Å². The fourth-order valence-electron chi connectivity index (χ4n) is 1.83. The number of halogens is 2. The van der Waals surface area contributed by atoms with Crippen LogP contribution < -0.4 is 4.74 Å². The summed E-state index contributed by atoms with van der Waals surface area (Å²) in [5.41, 5.74) is 2.53. The maximum absolute atomic E-state index is 12.1. The summed E-state index contributed by atoms with van der Waals surface area (Å²) in [5.74, 6) is 0.137. The lowest BCUT2D eigenvalue weighted by molar-refractivity contribution is -0.0498. The molecule has 0 fully saturated rings. The highest BCUT2D eigenvalue weighted by Crippen LogP contribution is 2.28. The molecule has 1 N–H and O–H groups in total. The van der Waals surface area contributed by atoms with Gasteiger partial charge in [-0.25, -0.2) is 0 Å². The quantitative estimate of drug-likeness (QED) is 0.773. The number of thiophene rings is 1. The molecule has 0 bridgehead atoms. The van der Waals surface area contributed by atoms with E-state index in [0.717, 1.165) is 21.8 Å². The largest absolute Gasteiger partial charge is 0.435 e. The van der Waals surface area contributed by atoms with Gasteiger partial charge < -0.3 is 4.74 Å². The van der Waals surface area contributed by atoms with E-state index in [1.54, 1.807) is 23.5 Å². The summed E-state index contributed by atoms with van der Waals surface area (Å²) in [6, 6.07) is 12.3. The third-order valence-corrected chi connectivity index (χ3v) is 3.64. The van der Waals surface area contributed by atoms with Gasteiger partial charge in [0, 0.05) is 5.56 Å². The lowest BCUT2D eigenvalue weighted by Gasteiger charge is -2.04. The molecule has 0 unspecified atom stereocenters. The maximum atomic E-state index is 12.1. The van der Waals surface area contributed by atoms with E-state index >= 15 is 0 Å². The minimum Gasteiger partial charge on any atom is -0.435 e. The average Bonchev–Trinajstić information content (AvgIpc) is 3.10. The fourth-order valence-corrected chi connectivity index (χ4v) is 2.53. The Morgan fingerprint density at radius 2 is 1.95 bits per heavy atom. The SMILES string of the molecule is FC(F)Oc1ccc(-c2cc(-c3cccs3)[nH]n2)cc1. The highest BCUT2D eigenvalue weighted by atomic mass is 32.1. The zero-order valence-corrected chi connectivity index (χ0v) is 11.0. The number of aromatic amines is 1. The van der Waals surface area contributed by atoms with Crippen molar-refractivity contribution in [2.24, 2.45) is 0 Å². The molecule has 0 saturated heterocycles. The fraction of sp³-hybridized carbons (Fsp3) is 0.0714. The molecular formula is C14H10F2N2OS. The van der Waals surface area contributed by atoms with E-state index in [1.165, 1.54) is 12.1 Å². The molecule has 3 aromatic rings. The second-order valence-corrected chi connectivity index (χ2v) is 4.99. The molecule has 2 aromatic heterocycles. The summed E-state index contributed by atoms with van der Waals surface area (Å²) in [6.07, 6.45) is 0. The molecule has 0 aliphatic rings. The molecule has 20 heavy (non-hydrogen) atoms. The van der Waals surface area contributed by atoms with Crippen molar-refractivity contribution in [3.63, 3.8) is 0 Å². The van der Waals surface area contributed by atoms with Crippen LogP contribution in [-0.4, -0.2) is 16.8 Å². The van der Waals surface area contributed by atoms with Crippen LogP contribution in [0.3, 0.4) is 0 Å². The van der Waals surface area contributed by atoms with Crippen molar-refractivity contribution in [1.82, 2.24) is 10.2 Å². The van der Waals surface area contributed by atoms with Crippen LogP contribution in [0.5, 0.6) is 5.75 Å². The van der Waals surface area contributed by atoms with Crippen molar-refractivity contribution < 1.29 is 13.5 Å². The Bertz CT molecular complexity index is 678. The first-order chi connectivity index (χ1) is 9.72. The van der Waals surface area contributed by atoms with Gasteiger partial charge in [0.1, 0.15) is 5.75 Å². The normalized spacial score (nSPS) is 10.9. The van der Waals surface area contributed by atoms with Crippen molar-refractivity contribution in [1.29, 1.82) is 0 Å². The molecule has 0 atom stereocenters. The number of benzene rings is 1. The predicted octanol–water partition coefficient (Wildman–Crippen LogP) is 4.41. The van der Waals surface area contributed by atoms with Gasteiger partial charge in [0.15, 0.2) is 0 Å². The number of nitrogens with zero attached hydrogens (tertiary/aromatic N) is 1. The molecule has 0 spiro atoms. The number of ether oxygens (including phenoxy) is 1. The van der Waals surface area contributed by atoms with Crippen molar-refractivity contribution in [2.45, 2.75) is 6.61 Å². The van der Waals surface area contributed by atoms with Crippen molar-refractivity contribution in [3.8, 4) is 27.6 Å². The zero-order chi connectivity index (χ0) is 13.9. The van der Waals surface area contributed by atoms with Crippen LogP contribution in [0.25, 0.3) is 21.8 Å². The lowest BCUT2D eigenvalue weighted by Crippen LogP contribution is -2.01. The highest BCUT2D eigenvalue weighted by molar-refractivity contribution is 7.13. The first-order valence-electron chi connectivity index (χ1n) is 5.87. The van der Waals surface area contributed by atoms with Gasteiger partial charge >= 0.3 is 6.61 Å². The first kappa shape index (κ1) is 12.8. The lowest BCUT2D eigenvalue weighted by atomic mass is 10.1. The van der Waals surface area contributed by atoms with Gasteiger partial charge in [-0.3, -0.25) is 5.10 Å². The van der Waals surface area contributed by atoms with Gasteiger partial charge in [-0.2, -0.15) is 13.9 Å². The van der Waals surface area contributed by atoms with Crippen LogP contribution in [0.4, 0.5) is 8.78 Å². The molecule has 0 saturated carbocycles. The third kappa shape index (κ3) is 2.70. The Hall–Kier alpha value is -2.21. The highest BCUT2D eigenvalue weighted by Gasteiger charge is 2.08. The predicted molar refractivity (Wildman–Crippen MR) is 74.0 cm³/mol. The van der Waals surface area contributed by atoms with Crippen LogP contribution in [0.15, 0.2) is 47.8 Å². The molecule has 6 heteroatoms. The second-order valence-electron chi connectivity index (χ2n) is 4.05. The number of nitrogens with one attached hydrogen (secondary N) is 1. The standard InChI is InChI=1S/C14H10F2N2OS/c15-14(16)19-10-5-3-9(4-6-10)11-8-12(18-17-11)13-2-1-7-20-13/h1-8,14H,(H,17,18). The molecule has 102 valence electrons. The van der Waals surface area contributed by atoms with E-state index < -0.39 is 6.61 Å². The first-order valence-corrected chi connectivity index (χ1v) is 6.75. The monoisotopic (exact) mass is 292 g/mol. The topological polar surface area (TPSA) is 37.9 Å². The molecule has 2 heterocycles. The van der Waals surface area contributed by atoms with Crippen molar-refractivity contribution in [3.05, 3.63) is 47.8 Å². The minimum atomic E-state index is -2.81. The van der Waals surface area contributed by atoms with E-state index in [2.05, 4.69) is 14.9 Å². The second kappa shape index (κ2) is 5.42. The van der Waals surface area contributed by atoms with Gasteiger partial charge in [0.2, 0.25) is 0 Å². The van der Waals surface area contributed by atoms with E-state index in [-0.39, 0.29) is 5.75 Å². The molecule has 0 radical (unpaired) electrons. The number of hydrogen-bond acceptors (Lipinski definition) is 3. The molecular weight excluding hydrogens is 282 g/mol. The van der Waals surface area contributed by atoms with Gasteiger partial charge in [0.25, 0.3) is 0 Å². The molecule has 3 rings (SSSR count). The Labute approximate surface area is 117 Å². The summed E-state index contributed by atoms with van der Waals surface area (Å²) >= 11 is 1.62. The molecule has 0 aliphatic heterocycles. The Kier molecular flexibility index (Phi) is 3.47. The molecule has 1 aromatic carbocycles. The summed E-state index contributed by atoms with van der Waals surface area (Å²) in [6.45, 7) is -2.81. The number of H-pyrrole nitrogens is 1. The minimum absolute atomic E-state index is 0.137. The summed E-state index contributed by atoms with van der Waals surface area (Å²) in [4.78, 5) is 1.10. The summed E-state index contributed by atoms with van der Waals surface area (Å²) in [7, 11) is 0. The molecule has 0 amide bonds. The number of hydrogen-bond donors (Lipinski definition) is 1. The Morgan fingerprint density at radius 1 is 1.15 bits per heavy atom. The van der Waals surface area contributed by atoms with Crippen molar-refractivity contribution in [2.75, 3.05) is 0 Å². The van der Waals surface area contributed by atoms with E-state index in [9.17, 15) is 8.78 Å². The number of rotatable bonds is 4. The van der Waals surface area contributed by atoms with Gasteiger partial charge in [-0.05, 0) is 41.8 Å². The summed E-state index contributed by atoms with van der Waals surface area (Å²) < 4.78 is 28.4. The van der Waals surface area contributed by atoms with Crippen LogP contribution >= 0.6 is 11.3 Å². The zero-order valence-electron chi connectivity index (χ0n) is 10.2. The van der Waals surface area contributed by atoms with E-state index in [0.29, 0.717) is 0 Å². The van der Waals surface area contributed by atoms with Gasteiger partial charge in [-0.15, -0.1) is 11.3 Å². The average molecular weight is 292 g/mol. The summed E-state index contributed by atoms with van der Waals surface area (Å²) in [5, 5.41) is 9.18. The van der Waals surface area contributed by atoms with E-state index in [4.69, 9.17) is 0 Å². The molecule has 0 aliphatic carbocycles. The smallest absolute Gasteiger partial charge is 0.387 e. The van der Waals surface area contributed by atoms with Gasteiger partial charge in [0.05, 0.1) is 16.3 Å².